The van der Waals surface area contributed by atoms with Gasteiger partial charge in [0.2, 0.25) is 0 Å². The number of aryl methyl sites for hydroxylation is 1. The van der Waals surface area contributed by atoms with Gasteiger partial charge in [0.25, 0.3) is 0 Å². The van der Waals surface area contributed by atoms with Crippen LogP contribution in [0.25, 0.3) is 0 Å². The fraction of sp³-hybridized carbons (Fsp3) is 0.444. The van der Waals surface area contributed by atoms with E-state index in [1.165, 1.54) is 5.56 Å². The van der Waals surface area contributed by atoms with Crippen LogP contribution < -0.4 is 0 Å². The zero-order valence-corrected chi connectivity index (χ0v) is 6.91. The molecule has 0 N–H and O–H groups in total. The van der Waals surface area contributed by atoms with Crippen molar-refractivity contribution in [3.05, 3.63) is 24.0 Å². The fourth-order valence-corrected chi connectivity index (χ4v) is 1.03. The van der Waals surface area contributed by atoms with Gasteiger partial charge in [0.15, 0.2) is 0 Å². The van der Waals surface area contributed by atoms with Gasteiger partial charge in [-0.3, -0.25) is 0 Å². The first kappa shape index (κ1) is 7.87. The third-order valence-corrected chi connectivity index (χ3v) is 1.60. The van der Waals surface area contributed by atoms with Crippen molar-refractivity contribution < 1.29 is 0 Å². The second kappa shape index (κ2) is 3.25. The van der Waals surface area contributed by atoms with Gasteiger partial charge in [-0.1, -0.05) is 0 Å². The van der Waals surface area contributed by atoms with Crippen LogP contribution in [0.2, 0.25) is 0 Å². The summed E-state index contributed by atoms with van der Waals surface area (Å²) in [5, 5.41) is 8.54. The van der Waals surface area contributed by atoms with E-state index in [2.05, 4.69) is 6.07 Å². The average molecular weight is 148 g/mol. The summed E-state index contributed by atoms with van der Waals surface area (Å²) < 4.78 is 2.04. The van der Waals surface area contributed by atoms with Crippen LogP contribution in [0.5, 0.6) is 0 Å². The van der Waals surface area contributed by atoms with Gasteiger partial charge in [-0.15, -0.1) is 0 Å². The van der Waals surface area contributed by atoms with E-state index >= 15 is 0 Å². The summed E-state index contributed by atoms with van der Waals surface area (Å²) in [6.07, 6.45) is 4.05. The highest BCUT2D eigenvalue weighted by atomic mass is 14.9. The van der Waals surface area contributed by atoms with Crippen molar-refractivity contribution in [2.45, 2.75) is 20.4 Å². The second-order valence-corrected chi connectivity index (χ2v) is 2.92. The molecular weight excluding hydrogens is 136 g/mol. The molecule has 0 saturated carbocycles. The number of hydrogen-bond acceptors (Lipinski definition) is 1. The molecule has 0 bridgehead atoms. The van der Waals surface area contributed by atoms with Gasteiger partial charge in [-0.25, -0.2) is 0 Å². The Kier molecular flexibility index (Phi) is 2.32. The Bertz CT molecular complexity index is 267. The molecular formula is C9H12N2. The van der Waals surface area contributed by atoms with Crippen LogP contribution in [0.1, 0.15) is 12.5 Å². The normalized spacial score (nSPS) is 12.5. The van der Waals surface area contributed by atoms with Crippen LogP contribution in [-0.2, 0) is 6.54 Å². The van der Waals surface area contributed by atoms with Gasteiger partial charge in [-0.05, 0) is 25.5 Å². The van der Waals surface area contributed by atoms with E-state index in [1.807, 2.05) is 36.9 Å². The number of hydrogen-bond donors (Lipinski definition) is 0. The van der Waals surface area contributed by atoms with E-state index in [0.29, 0.717) is 0 Å². The van der Waals surface area contributed by atoms with Gasteiger partial charge >= 0.3 is 0 Å². The monoisotopic (exact) mass is 148 g/mol. The topological polar surface area (TPSA) is 28.7 Å². The molecule has 0 spiro atoms. The molecule has 1 aromatic heterocycles. The quantitative estimate of drug-likeness (QED) is 0.630. The van der Waals surface area contributed by atoms with Crippen LogP contribution >= 0.6 is 0 Å². The van der Waals surface area contributed by atoms with Crippen molar-refractivity contribution >= 4 is 0 Å². The van der Waals surface area contributed by atoms with E-state index in [4.69, 9.17) is 5.26 Å². The third kappa shape index (κ3) is 2.12. The first-order chi connectivity index (χ1) is 5.22. The fourth-order valence-electron chi connectivity index (χ4n) is 1.03. The second-order valence-electron chi connectivity index (χ2n) is 2.92. The molecule has 0 aliphatic heterocycles. The Morgan fingerprint density at radius 1 is 1.73 bits per heavy atom. The lowest BCUT2D eigenvalue weighted by Gasteiger charge is -2.02. The molecule has 1 unspecified atom stereocenters. The molecule has 1 heterocycles. The summed E-state index contributed by atoms with van der Waals surface area (Å²) in [6.45, 7) is 4.77. The van der Waals surface area contributed by atoms with Gasteiger partial charge in [0.1, 0.15) is 0 Å². The van der Waals surface area contributed by atoms with Gasteiger partial charge in [0.05, 0.1) is 12.0 Å². The standard InChI is InChI=1S/C9H12N2/c1-8-3-4-11(6-8)7-9(2)5-10/h3-4,6,9H,7H2,1-2H3. The number of nitrogens with zero attached hydrogens (tertiary/aromatic N) is 2. The Balaban J connectivity index is 2.59. The lowest BCUT2D eigenvalue weighted by molar-refractivity contribution is 0.582. The molecule has 1 aromatic rings. The largest absolute Gasteiger partial charge is 0.353 e. The molecule has 0 saturated heterocycles. The minimum Gasteiger partial charge on any atom is -0.353 e. The maximum absolute atomic E-state index is 8.54. The zero-order chi connectivity index (χ0) is 8.27. The average Bonchev–Trinajstić information content (AvgIpc) is 2.35. The van der Waals surface area contributed by atoms with Crippen molar-refractivity contribution in [2.75, 3.05) is 0 Å². The first-order valence-corrected chi connectivity index (χ1v) is 3.74. The highest BCUT2D eigenvalue weighted by molar-refractivity contribution is 5.07. The number of nitriles is 1. The predicted octanol–water partition coefficient (Wildman–Crippen LogP) is 1.96. The number of aromatic nitrogens is 1. The lowest BCUT2D eigenvalue weighted by atomic mass is 10.2. The molecule has 1 rings (SSSR count). The van der Waals surface area contributed by atoms with Crippen molar-refractivity contribution in [3.8, 4) is 6.07 Å². The summed E-state index contributed by atoms with van der Waals surface area (Å²) in [7, 11) is 0. The molecule has 2 nitrogen and oxygen atoms in total. The summed E-state index contributed by atoms with van der Waals surface area (Å²) in [5.74, 6) is 0.0989. The molecule has 0 fully saturated rings. The SMILES string of the molecule is Cc1ccn(CC(C)C#N)c1. The van der Waals surface area contributed by atoms with E-state index in [1.54, 1.807) is 0 Å². The zero-order valence-electron chi connectivity index (χ0n) is 6.91. The molecule has 58 valence electrons. The predicted molar refractivity (Wildman–Crippen MR) is 43.9 cm³/mol. The maximum atomic E-state index is 8.54. The smallest absolute Gasteiger partial charge is 0.0671 e. The molecule has 0 radical (unpaired) electrons. The number of rotatable bonds is 2. The Hall–Kier alpha value is -1.23. The molecule has 1 atom stereocenters. The van der Waals surface area contributed by atoms with Crippen LogP contribution in [0.4, 0.5) is 0 Å². The minimum absolute atomic E-state index is 0.0989. The van der Waals surface area contributed by atoms with Crippen molar-refractivity contribution in [2.24, 2.45) is 5.92 Å². The molecule has 0 aliphatic carbocycles. The summed E-state index contributed by atoms with van der Waals surface area (Å²) in [5.41, 5.74) is 1.25. The van der Waals surface area contributed by atoms with Crippen LogP contribution in [0, 0.1) is 24.2 Å². The van der Waals surface area contributed by atoms with E-state index in [0.717, 1.165) is 6.54 Å². The van der Waals surface area contributed by atoms with E-state index in [9.17, 15) is 0 Å². The van der Waals surface area contributed by atoms with Crippen LogP contribution in [0.3, 0.4) is 0 Å². The van der Waals surface area contributed by atoms with Crippen LogP contribution in [-0.4, -0.2) is 4.57 Å². The molecule has 2 heteroatoms. The first-order valence-electron chi connectivity index (χ1n) is 3.74. The maximum Gasteiger partial charge on any atom is 0.0671 e. The van der Waals surface area contributed by atoms with Gasteiger partial charge in [-0.2, -0.15) is 5.26 Å². The highest BCUT2D eigenvalue weighted by Crippen LogP contribution is 2.02. The molecule has 11 heavy (non-hydrogen) atoms. The minimum atomic E-state index is 0.0989. The third-order valence-electron chi connectivity index (χ3n) is 1.60. The van der Waals surface area contributed by atoms with Crippen LogP contribution in [0.15, 0.2) is 18.5 Å². The molecule has 0 aromatic carbocycles. The van der Waals surface area contributed by atoms with Gasteiger partial charge in [0, 0.05) is 18.9 Å². The van der Waals surface area contributed by atoms with Crippen molar-refractivity contribution in [1.29, 1.82) is 5.26 Å². The summed E-state index contributed by atoms with van der Waals surface area (Å²) >= 11 is 0. The Morgan fingerprint density at radius 3 is 2.91 bits per heavy atom. The van der Waals surface area contributed by atoms with Gasteiger partial charge < -0.3 is 4.57 Å². The highest BCUT2D eigenvalue weighted by Gasteiger charge is 1.99. The Morgan fingerprint density at radius 2 is 2.45 bits per heavy atom. The molecule has 0 amide bonds. The van der Waals surface area contributed by atoms with Crippen molar-refractivity contribution in [1.82, 2.24) is 4.57 Å². The lowest BCUT2D eigenvalue weighted by Crippen LogP contribution is -2.02. The van der Waals surface area contributed by atoms with E-state index < -0.39 is 0 Å². The van der Waals surface area contributed by atoms with E-state index in [-0.39, 0.29) is 5.92 Å². The summed E-state index contributed by atoms with van der Waals surface area (Å²) in [6, 6.07) is 4.25. The van der Waals surface area contributed by atoms with Crippen molar-refractivity contribution in [3.63, 3.8) is 0 Å². The summed E-state index contributed by atoms with van der Waals surface area (Å²) in [4.78, 5) is 0. The molecule has 0 aliphatic rings. The Labute approximate surface area is 67.1 Å².